The molecule has 0 aliphatic carbocycles. The number of hydrogen-bond donors (Lipinski definition) is 0. The van der Waals surface area contributed by atoms with Gasteiger partial charge in [-0.2, -0.15) is 4.99 Å². The van der Waals surface area contributed by atoms with E-state index in [2.05, 4.69) is 21.9 Å². The largest absolute Gasteiger partial charge is 0.378 e. The van der Waals surface area contributed by atoms with Crippen LogP contribution in [0.25, 0.3) is 0 Å². The summed E-state index contributed by atoms with van der Waals surface area (Å²) in [6.07, 6.45) is 0. The third kappa shape index (κ3) is 4.67. The fraction of sp³-hybridized carbons (Fsp3) is 0.300. The Balaban J connectivity index is 1.89. The van der Waals surface area contributed by atoms with Crippen molar-refractivity contribution in [1.82, 2.24) is 4.90 Å². The van der Waals surface area contributed by atoms with E-state index in [0.29, 0.717) is 13.2 Å². The first-order valence-electron chi connectivity index (χ1n) is 8.54. The summed E-state index contributed by atoms with van der Waals surface area (Å²) in [6.45, 7) is 5.02. The second-order valence-corrected chi connectivity index (χ2v) is 5.90. The number of para-hydroxylation sites is 2. The van der Waals surface area contributed by atoms with E-state index >= 15 is 0 Å². The lowest BCUT2D eigenvalue weighted by molar-refractivity contribution is 0.0676. The predicted molar refractivity (Wildman–Crippen MR) is 104 cm³/mol. The monoisotopic (exact) mass is 336 g/mol. The number of aliphatic imine (C=N–C) groups is 2. The first-order chi connectivity index (χ1) is 12.2. The fourth-order valence-electron chi connectivity index (χ4n) is 2.61. The van der Waals surface area contributed by atoms with Gasteiger partial charge in [-0.3, -0.25) is 0 Å². The average Bonchev–Trinajstić information content (AvgIpc) is 2.69. The third-order valence-corrected chi connectivity index (χ3v) is 4.17. The van der Waals surface area contributed by atoms with E-state index in [1.807, 2.05) is 62.5 Å². The van der Waals surface area contributed by atoms with Crippen LogP contribution >= 0.6 is 0 Å². The molecule has 2 aromatic carbocycles. The Morgan fingerprint density at radius 3 is 2.20 bits per heavy atom. The summed E-state index contributed by atoms with van der Waals surface area (Å²) in [6, 6.07) is 20.2. The van der Waals surface area contributed by atoms with Crippen LogP contribution in [0.5, 0.6) is 0 Å². The quantitative estimate of drug-likeness (QED) is 0.622. The standard InChI is InChI=1S/C20H24N4O/c1-17(23(2)19-11-7-4-8-12-19)21-20(24-13-15-25-16-14-24)22-18-9-5-3-6-10-18/h3-12H,13-16H2,1-2H3/b21-17-,22-20-. The van der Waals surface area contributed by atoms with E-state index in [4.69, 9.17) is 14.7 Å². The van der Waals surface area contributed by atoms with E-state index in [9.17, 15) is 0 Å². The zero-order valence-corrected chi connectivity index (χ0v) is 14.8. The molecule has 5 nitrogen and oxygen atoms in total. The number of amidine groups is 1. The number of anilines is 1. The molecule has 0 bridgehead atoms. The lowest BCUT2D eigenvalue weighted by Gasteiger charge is -2.28. The summed E-state index contributed by atoms with van der Waals surface area (Å²) in [7, 11) is 2.02. The first kappa shape index (κ1) is 17.2. The molecule has 0 saturated carbocycles. The molecule has 130 valence electrons. The van der Waals surface area contributed by atoms with Gasteiger partial charge in [0.2, 0.25) is 5.96 Å². The Morgan fingerprint density at radius 1 is 0.960 bits per heavy atom. The molecule has 0 amide bonds. The third-order valence-electron chi connectivity index (χ3n) is 4.17. The highest BCUT2D eigenvalue weighted by atomic mass is 16.5. The molecule has 5 heteroatoms. The van der Waals surface area contributed by atoms with Crippen LogP contribution in [-0.2, 0) is 4.74 Å². The van der Waals surface area contributed by atoms with Crippen LogP contribution in [-0.4, -0.2) is 50.0 Å². The van der Waals surface area contributed by atoms with Crippen LogP contribution in [0.1, 0.15) is 6.92 Å². The van der Waals surface area contributed by atoms with Crippen molar-refractivity contribution in [3.63, 3.8) is 0 Å². The van der Waals surface area contributed by atoms with Gasteiger partial charge in [-0.15, -0.1) is 0 Å². The maximum Gasteiger partial charge on any atom is 0.227 e. The van der Waals surface area contributed by atoms with Gasteiger partial charge in [-0.05, 0) is 31.2 Å². The van der Waals surface area contributed by atoms with Gasteiger partial charge in [-0.1, -0.05) is 36.4 Å². The summed E-state index contributed by atoms with van der Waals surface area (Å²) >= 11 is 0. The van der Waals surface area contributed by atoms with Gasteiger partial charge in [0, 0.05) is 25.8 Å². The predicted octanol–water partition coefficient (Wildman–Crippen LogP) is 3.56. The highest BCUT2D eigenvalue weighted by Gasteiger charge is 2.16. The van der Waals surface area contributed by atoms with Crippen LogP contribution in [0.15, 0.2) is 70.6 Å². The number of ether oxygens (including phenoxy) is 1. The van der Waals surface area contributed by atoms with E-state index in [0.717, 1.165) is 36.3 Å². The lowest BCUT2D eigenvalue weighted by atomic mass is 10.3. The molecule has 0 aromatic heterocycles. The Bertz CT molecular complexity index is 722. The zero-order valence-electron chi connectivity index (χ0n) is 14.8. The molecule has 1 heterocycles. The maximum absolute atomic E-state index is 5.47. The van der Waals surface area contributed by atoms with Crippen molar-refractivity contribution in [3.05, 3.63) is 60.7 Å². The zero-order chi connectivity index (χ0) is 17.5. The molecular formula is C20H24N4O. The lowest BCUT2D eigenvalue weighted by Crippen LogP contribution is -2.41. The second-order valence-electron chi connectivity index (χ2n) is 5.90. The van der Waals surface area contributed by atoms with Gasteiger partial charge in [0.1, 0.15) is 5.84 Å². The van der Waals surface area contributed by atoms with Gasteiger partial charge in [0.05, 0.1) is 18.9 Å². The van der Waals surface area contributed by atoms with Crippen LogP contribution in [0.4, 0.5) is 11.4 Å². The Kier molecular flexibility index (Phi) is 5.80. The molecule has 0 radical (unpaired) electrons. The Morgan fingerprint density at radius 2 is 1.56 bits per heavy atom. The normalized spacial score (nSPS) is 16.0. The number of hydrogen-bond acceptors (Lipinski definition) is 2. The van der Waals surface area contributed by atoms with E-state index in [1.165, 1.54) is 0 Å². The minimum absolute atomic E-state index is 0.705. The van der Waals surface area contributed by atoms with Gasteiger partial charge in [0.25, 0.3) is 0 Å². The van der Waals surface area contributed by atoms with Gasteiger partial charge in [0.15, 0.2) is 0 Å². The van der Waals surface area contributed by atoms with Crippen molar-refractivity contribution in [2.75, 3.05) is 38.3 Å². The molecule has 1 saturated heterocycles. The summed E-state index contributed by atoms with van der Waals surface area (Å²) < 4.78 is 5.47. The highest BCUT2D eigenvalue weighted by molar-refractivity contribution is 6.03. The number of rotatable bonds is 2. The average molecular weight is 336 g/mol. The van der Waals surface area contributed by atoms with Crippen molar-refractivity contribution in [1.29, 1.82) is 0 Å². The molecule has 25 heavy (non-hydrogen) atoms. The Hall–Kier alpha value is -2.66. The molecule has 0 atom stereocenters. The van der Waals surface area contributed by atoms with Crippen LogP contribution in [0.3, 0.4) is 0 Å². The Labute approximate surface area is 149 Å². The molecule has 3 rings (SSSR count). The molecular weight excluding hydrogens is 312 g/mol. The topological polar surface area (TPSA) is 40.4 Å². The van der Waals surface area contributed by atoms with Crippen LogP contribution in [0, 0.1) is 0 Å². The van der Waals surface area contributed by atoms with Crippen LogP contribution in [0.2, 0.25) is 0 Å². The second kappa shape index (κ2) is 8.44. The van der Waals surface area contributed by atoms with Crippen molar-refractivity contribution in [2.24, 2.45) is 9.98 Å². The van der Waals surface area contributed by atoms with Crippen molar-refractivity contribution < 1.29 is 4.74 Å². The molecule has 1 fully saturated rings. The molecule has 1 aliphatic heterocycles. The van der Waals surface area contributed by atoms with Crippen LogP contribution < -0.4 is 4.90 Å². The molecule has 0 spiro atoms. The summed E-state index contributed by atoms with van der Waals surface area (Å²) in [5, 5.41) is 0. The minimum Gasteiger partial charge on any atom is -0.378 e. The SMILES string of the molecule is C/C(=N/C(=N/c1ccccc1)N1CCOCC1)N(C)c1ccccc1. The first-order valence-corrected chi connectivity index (χ1v) is 8.54. The van der Waals surface area contributed by atoms with E-state index < -0.39 is 0 Å². The minimum atomic E-state index is 0.705. The fourth-order valence-corrected chi connectivity index (χ4v) is 2.61. The number of nitrogens with zero attached hydrogens (tertiary/aromatic N) is 4. The molecule has 1 aliphatic rings. The molecule has 0 unspecified atom stereocenters. The van der Waals surface area contributed by atoms with Gasteiger partial charge in [-0.25, -0.2) is 4.99 Å². The van der Waals surface area contributed by atoms with E-state index in [1.54, 1.807) is 0 Å². The van der Waals surface area contributed by atoms with Gasteiger partial charge >= 0.3 is 0 Å². The van der Waals surface area contributed by atoms with Crippen molar-refractivity contribution in [2.45, 2.75) is 6.92 Å². The number of benzene rings is 2. The van der Waals surface area contributed by atoms with E-state index in [-0.39, 0.29) is 0 Å². The molecule has 0 N–H and O–H groups in total. The smallest absolute Gasteiger partial charge is 0.227 e. The van der Waals surface area contributed by atoms with Crippen molar-refractivity contribution >= 4 is 23.2 Å². The summed E-state index contributed by atoms with van der Waals surface area (Å²) in [5.41, 5.74) is 2.01. The summed E-state index contributed by atoms with van der Waals surface area (Å²) in [4.78, 5) is 13.9. The number of guanidine groups is 1. The maximum atomic E-state index is 5.47. The van der Waals surface area contributed by atoms with Gasteiger partial charge < -0.3 is 14.5 Å². The highest BCUT2D eigenvalue weighted by Crippen LogP contribution is 2.15. The van der Waals surface area contributed by atoms with Crippen molar-refractivity contribution in [3.8, 4) is 0 Å². The number of morpholine rings is 1. The summed E-state index contributed by atoms with van der Waals surface area (Å²) in [5.74, 6) is 1.63. The molecule has 2 aromatic rings.